The number of amides is 1. The summed E-state index contributed by atoms with van der Waals surface area (Å²) in [6.45, 7) is 3.73. The monoisotopic (exact) mass is 374 g/mol. The van der Waals surface area contributed by atoms with Crippen molar-refractivity contribution in [3.8, 4) is 5.75 Å². The van der Waals surface area contributed by atoms with Crippen molar-refractivity contribution in [3.63, 3.8) is 0 Å². The smallest absolute Gasteiger partial charge is 0.241 e. The van der Waals surface area contributed by atoms with Crippen molar-refractivity contribution in [2.24, 2.45) is 0 Å². The van der Waals surface area contributed by atoms with Crippen molar-refractivity contribution >= 4 is 21.6 Å². The fourth-order valence-electron chi connectivity index (χ4n) is 3.08. The van der Waals surface area contributed by atoms with Gasteiger partial charge in [0.2, 0.25) is 15.9 Å². The molecule has 1 aliphatic heterocycles. The van der Waals surface area contributed by atoms with Gasteiger partial charge < -0.3 is 10.1 Å². The molecule has 1 amide bonds. The van der Waals surface area contributed by atoms with Gasteiger partial charge in [0, 0.05) is 23.7 Å². The molecule has 2 aromatic carbocycles. The van der Waals surface area contributed by atoms with Crippen molar-refractivity contribution in [1.29, 1.82) is 0 Å². The predicted molar refractivity (Wildman–Crippen MR) is 99.9 cm³/mol. The van der Waals surface area contributed by atoms with E-state index in [0.29, 0.717) is 24.3 Å². The van der Waals surface area contributed by atoms with E-state index in [1.165, 1.54) is 6.07 Å². The van der Waals surface area contributed by atoms with Crippen LogP contribution in [-0.4, -0.2) is 21.4 Å². The standard InChI is InChI=1S/C19H22N2O4S/c1-12-4-8-18(25-3)16(10-12)13(2)21-26(23,24)15-6-7-17-14(11-15)5-9-19(22)20-17/h4,6-8,10-11,13,21H,5,9H2,1-3H3,(H,20,22)/t13-/m1/s1. The molecule has 0 bridgehead atoms. The third kappa shape index (κ3) is 3.73. The predicted octanol–water partition coefficient (Wildman–Crippen LogP) is 2.93. The van der Waals surface area contributed by atoms with E-state index in [1.807, 2.05) is 25.1 Å². The van der Waals surface area contributed by atoms with E-state index >= 15 is 0 Å². The van der Waals surface area contributed by atoms with Gasteiger partial charge in [-0.3, -0.25) is 4.79 Å². The molecule has 0 saturated carbocycles. The average Bonchev–Trinajstić information content (AvgIpc) is 2.60. The highest BCUT2D eigenvalue weighted by Gasteiger charge is 2.23. The van der Waals surface area contributed by atoms with Crippen LogP contribution in [0.4, 0.5) is 5.69 Å². The zero-order chi connectivity index (χ0) is 18.9. The number of carbonyl (C=O) groups excluding carboxylic acids is 1. The Morgan fingerprint density at radius 3 is 2.65 bits per heavy atom. The largest absolute Gasteiger partial charge is 0.496 e. The molecular weight excluding hydrogens is 352 g/mol. The molecular formula is C19H22N2O4S. The molecule has 0 spiro atoms. The normalized spacial score (nSPS) is 15.1. The maximum atomic E-state index is 12.8. The van der Waals surface area contributed by atoms with Crippen molar-refractivity contribution < 1.29 is 17.9 Å². The quantitative estimate of drug-likeness (QED) is 0.843. The summed E-state index contributed by atoms with van der Waals surface area (Å²) in [4.78, 5) is 11.6. The Hall–Kier alpha value is -2.38. The maximum absolute atomic E-state index is 12.8. The van der Waals surface area contributed by atoms with E-state index in [4.69, 9.17) is 4.74 Å². The molecule has 0 unspecified atom stereocenters. The molecule has 0 fully saturated rings. The summed E-state index contributed by atoms with van der Waals surface area (Å²) in [6, 6.07) is 9.97. The molecule has 0 radical (unpaired) electrons. The van der Waals surface area contributed by atoms with Crippen molar-refractivity contribution in [3.05, 3.63) is 53.1 Å². The fraction of sp³-hybridized carbons (Fsp3) is 0.316. The molecule has 0 aliphatic carbocycles. The third-order valence-electron chi connectivity index (χ3n) is 4.47. The van der Waals surface area contributed by atoms with Crippen LogP contribution in [0.2, 0.25) is 0 Å². The molecule has 2 N–H and O–H groups in total. The van der Waals surface area contributed by atoms with Crippen LogP contribution < -0.4 is 14.8 Å². The van der Waals surface area contributed by atoms with Gasteiger partial charge in [0.1, 0.15) is 5.75 Å². The van der Waals surface area contributed by atoms with E-state index in [-0.39, 0.29) is 10.8 Å². The molecule has 6 nitrogen and oxygen atoms in total. The Morgan fingerprint density at radius 1 is 1.15 bits per heavy atom. The molecule has 0 saturated heterocycles. The second kappa shape index (κ2) is 7.09. The second-order valence-electron chi connectivity index (χ2n) is 6.46. The summed E-state index contributed by atoms with van der Waals surface area (Å²) < 4.78 is 33.7. The van der Waals surface area contributed by atoms with Gasteiger partial charge in [0.25, 0.3) is 0 Å². The van der Waals surface area contributed by atoms with Crippen LogP contribution in [0.5, 0.6) is 5.75 Å². The van der Waals surface area contributed by atoms with Crippen LogP contribution in [0, 0.1) is 6.92 Å². The van der Waals surface area contributed by atoms with Gasteiger partial charge in [0.05, 0.1) is 12.0 Å². The van der Waals surface area contributed by atoms with E-state index in [0.717, 1.165) is 16.7 Å². The number of sulfonamides is 1. The molecule has 1 heterocycles. The molecule has 7 heteroatoms. The Kier molecular flexibility index (Phi) is 5.02. The Balaban J connectivity index is 1.87. The first-order valence-corrected chi connectivity index (χ1v) is 9.88. The van der Waals surface area contributed by atoms with Gasteiger partial charge in [-0.15, -0.1) is 0 Å². The lowest BCUT2D eigenvalue weighted by molar-refractivity contribution is -0.116. The SMILES string of the molecule is COc1ccc(C)cc1[C@@H](C)NS(=O)(=O)c1ccc2c(c1)CCC(=O)N2. The zero-order valence-electron chi connectivity index (χ0n) is 15.0. The zero-order valence-corrected chi connectivity index (χ0v) is 15.8. The van der Waals surface area contributed by atoms with E-state index < -0.39 is 16.1 Å². The van der Waals surface area contributed by atoms with Crippen LogP contribution in [0.15, 0.2) is 41.3 Å². The number of benzene rings is 2. The van der Waals surface area contributed by atoms with Gasteiger partial charge in [-0.05, 0) is 50.1 Å². The first-order chi connectivity index (χ1) is 12.3. The number of hydrogen-bond donors (Lipinski definition) is 2. The number of methoxy groups -OCH3 is 1. The fourth-order valence-corrected chi connectivity index (χ4v) is 4.36. The van der Waals surface area contributed by atoms with Crippen molar-refractivity contribution in [2.45, 2.75) is 37.6 Å². The second-order valence-corrected chi connectivity index (χ2v) is 8.17. The van der Waals surface area contributed by atoms with Gasteiger partial charge in [-0.2, -0.15) is 0 Å². The van der Waals surface area contributed by atoms with Crippen LogP contribution in [0.25, 0.3) is 0 Å². The van der Waals surface area contributed by atoms with E-state index in [2.05, 4.69) is 10.0 Å². The lowest BCUT2D eigenvalue weighted by Gasteiger charge is -2.20. The van der Waals surface area contributed by atoms with Crippen molar-refractivity contribution in [2.75, 3.05) is 12.4 Å². The van der Waals surface area contributed by atoms with Crippen LogP contribution in [-0.2, 0) is 21.2 Å². The topological polar surface area (TPSA) is 84.5 Å². The van der Waals surface area contributed by atoms with Gasteiger partial charge in [0.15, 0.2) is 0 Å². The summed E-state index contributed by atoms with van der Waals surface area (Å²) in [5, 5.41) is 2.76. The Labute approximate surface area is 153 Å². The van der Waals surface area contributed by atoms with Crippen LogP contribution in [0.3, 0.4) is 0 Å². The molecule has 0 aromatic heterocycles. The number of ether oxygens (including phenoxy) is 1. The van der Waals surface area contributed by atoms with E-state index in [9.17, 15) is 13.2 Å². The first kappa shape index (κ1) is 18.4. The lowest BCUT2D eigenvalue weighted by atomic mass is 10.0. The molecule has 2 aromatic rings. The number of aryl methyl sites for hydroxylation is 2. The highest BCUT2D eigenvalue weighted by atomic mass is 32.2. The average molecular weight is 374 g/mol. The number of fused-ring (bicyclic) bond motifs is 1. The van der Waals surface area contributed by atoms with Crippen molar-refractivity contribution in [1.82, 2.24) is 4.72 Å². The maximum Gasteiger partial charge on any atom is 0.241 e. The van der Waals surface area contributed by atoms with Crippen LogP contribution in [0.1, 0.15) is 36.1 Å². The Morgan fingerprint density at radius 2 is 1.92 bits per heavy atom. The summed E-state index contributed by atoms with van der Waals surface area (Å²) in [5.74, 6) is 0.588. The number of hydrogen-bond acceptors (Lipinski definition) is 4. The van der Waals surface area contributed by atoms with Gasteiger partial charge in [-0.1, -0.05) is 17.7 Å². The highest BCUT2D eigenvalue weighted by molar-refractivity contribution is 7.89. The molecule has 138 valence electrons. The van der Waals surface area contributed by atoms with E-state index in [1.54, 1.807) is 26.2 Å². The molecule has 26 heavy (non-hydrogen) atoms. The van der Waals surface area contributed by atoms with Crippen LogP contribution >= 0.6 is 0 Å². The minimum absolute atomic E-state index is 0.0496. The molecule has 3 rings (SSSR count). The first-order valence-electron chi connectivity index (χ1n) is 8.40. The number of rotatable bonds is 5. The van der Waals surface area contributed by atoms with Gasteiger partial charge in [-0.25, -0.2) is 13.1 Å². The summed E-state index contributed by atoms with van der Waals surface area (Å²) in [5.41, 5.74) is 3.31. The third-order valence-corrected chi connectivity index (χ3v) is 6.00. The highest BCUT2D eigenvalue weighted by Crippen LogP contribution is 2.29. The minimum atomic E-state index is -3.71. The summed E-state index contributed by atoms with van der Waals surface area (Å²) in [6.07, 6.45) is 0.895. The number of nitrogens with one attached hydrogen (secondary N) is 2. The number of anilines is 1. The molecule has 1 aliphatic rings. The Bertz CT molecular complexity index is 954. The summed E-state index contributed by atoms with van der Waals surface area (Å²) >= 11 is 0. The molecule has 1 atom stereocenters. The summed E-state index contributed by atoms with van der Waals surface area (Å²) in [7, 11) is -2.15. The minimum Gasteiger partial charge on any atom is -0.496 e. The number of carbonyl (C=O) groups is 1. The van der Waals surface area contributed by atoms with Gasteiger partial charge >= 0.3 is 0 Å². The lowest BCUT2D eigenvalue weighted by Crippen LogP contribution is -2.28.